The second-order valence-electron chi connectivity index (χ2n) is 5.54. The minimum absolute atomic E-state index is 0.576. The molecular weight excluding hydrogens is 288 g/mol. The maximum Gasteiger partial charge on any atom is 0.191 e. The van der Waals surface area contributed by atoms with E-state index in [-0.39, 0.29) is 0 Å². The van der Waals surface area contributed by atoms with Crippen molar-refractivity contribution in [3.05, 3.63) is 22.4 Å². The van der Waals surface area contributed by atoms with Gasteiger partial charge in [-0.25, -0.2) is 4.98 Å². The predicted octanol–water partition coefficient (Wildman–Crippen LogP) is 4.09. The molecule has 1 saturated carbocycles. The molecule has 6 heteroatoms. The van der Waals surface area contributed by atoms with E-state index in [0.717, 1.165) is 27.7 Å². The van der Waals surface area contributed by atoms with Gasteiger partial charge in [-0.05, 0) is 25.7 Å². The van der Waals surface area contributed by atoms with Crippen LogP contribution < -0.4 is 0 Å². The summed E-state index contributed by atoms with van der Waals surface area (Å²) in [4.78, 5) is 4.33. The van der Waals surface area contributed by atoms with E-state index < -0.39 is 0 Å². The lowest BCUT2D eigenvalue weighted by Crippen LogP contribution is -2.19. The fourth-order valence-electron chi connectivity index (χ4n) is 2.96. The van der Waals surface area contributed by atoms with Crippen LogP contribution in [0.25, 0.3) is 0 Å². The quantitative estimate of drug-likeness (QED) is 0.798. The van der Waals surface area contributed by atoms with Crippen molar-refractivity contribution >= 4 is 23.1 Å². The normalized spacial score (nSPS) is 23.1. The standard InChI is InChI=1S/C14H20N4S2/c1-10-4-3-5-12(8-10)18-11(2)16-17-14(18)20-9-13-15-6-7-19-13/h6-7,10,12H,3-5,8-9H2,1-2H3/t10-,12-/m0/s1. The number of thiazole rings is 1. The summed E-state index contributed by atoms with van der Waals surface area (Å²) in [6, 6.07) is 0.576. The Morgan fingerprint density at radius 3 is 3.05 bits per heavy atom. The van der Waals surface area contributed by atoms with Gasteiger partial charge in [-0.1, -0.05) is 31.5 Å². The minimum Gasteiger partial charge on any atom is -0.303 e. The highest BCUT2D eigenvalue weighted by Gasteiger charge is 2.24. The fraction of sp³-hybridized carbons (Fsp3) is 0.643. The maximum absolute atomic E-state index is 4.37. The molecule has 108 valence electrons. The Morgan fingerprint density at radius 2 is 2.30 bits per heavy atom. The number of nitrogens with zero attached hydrogens (tertiary/aromatic N) is 4. The highest BCUT2D eigenvalue weighted by Crippen LogP contribution is 2.35. The molecule has 2 atom stereocenters. The van der Waals surface area contributed by atoms with Gasteiger partial charge in [0.25, 0.3) is 0 Å². The van der Waals surface area contributed by atoms with Gasteiger partial charge in [0.15, 0.2) is 5.16 Å². The molecule has 0 aromatic carbocycles. The summed E-state index contributed by atoms with van der Waals surface area (Å²) in [5, 5.41) is 12.9. The molecule has 2 heterocycles. The first kappa shape index (κ1) is 14.1. The van der Waals surface area contributed by atoms with E-state index in [1.807, 2.05) is 11.6 Å². The molecule has 2 aromatic rings. The second kappa shape index (κ2) is 6.26. The molecule has 2 aromatic heterocycles. The van der Waals surface area contributed by atoms with E-state index >= 15 is 0 Å². The number of aryl methyl sites for hydroxylation is 1. The van der Waals surface area contributed by atoms with E-state index in [1.165, 1.54) is 25.7 Å². The van der Waals surface area contributed by atoms with E-state index in [2.05, 4.69) is 33.6 Å². The zero-order valence-electron chi connectivity index (χ0n) is 12.0. The van der Waals surface area contributed by atoms with Crippen LogP contribution in [0.2, 0.25) is 0 Å². The Bertz CT molecular complexity index is 550. The van der Waals surface area contributed by atoms with Crippen LogP contribution in [0.1, 0.15) is 49.5 Å². The molecule has 0 spiro atoms. The summed E-state index contributed by atoms with van der Waals surface area (Å²) in [5.41, 5.74) is 0. The Kier molecular flexibility index (Phi) is 4.41. The molecule has 4 nitrogen and oxygen atoms in total. The Balaban J connectivity index is 1.74. The van der Waals surface area contributed by atoms with Crippen molar-refractivity contribution in [2.24, 2.45) is 5.92 Å². The molecule has 0 unspecified atom stereocenters. The average molecular weight is 308 g/mol. The molecule has 1 aliphatic rings. The number of hydrogen-bond acceptors (Lipinski definition) is 5. The molecule has 1 fully saturated rings. The highest BCUT2D eigenvalue weighted by molar-refractivity contribution is 7.98. The Labute approximate surface area is 128 Å². The van der Waals surface area contributed by atoms with Gasteiger partial charge >= 0.3 is 0 Å². The summed E-state index contributed by atoms with van der Waals surface area (Å²) in [7, 11) is 0. The van der Waals surface area contributed by atoms with Gasteiger partial charge in [0.05, 0.1) is 5.75 Å². The first-order valence-corrected chi connectivity index (χ1v) is 9.03. The van der Waals surface area contributed by atoms with E-state index in [0.29, 0.717) is 6.04 Å². The molecule has 0 N–H and O–H groups in total. The van der Waals surface area contributed by atoms with Crippen LogP contribution >= 0.6 is 23.1 Å². The number of thioether (sulfide) groups is 1. The predicted molar refractivity (Wildman–Crippen MR) is 83.1 cm³/mol. The fourth-order valence-corrected chi connectivity index (χ4v) is 4.65. The molecule has 0 saturated heterocycles. The molecule has 3 rings (SSSR count). The summed E-state index contributed by atoms with van der Waals surface area (Å²) in [6.45, 7) is 4.42. The minimum atomic E-state index is 0.576. The van der Waals surface area contributed by atoms with Crippen molar-refractivity contribution in [3.8, 4) is 0 Å². The zero-order chi connectivity index (χ0) is 13.9. The van der Waals surface area contributed by atoms with E-state index in [9.17, 15) is 0 Å². The molecule has 0 amide bonds. The van der Waals surface area contributed by atoms with Gasteiger partial charge in [-0.2, -0.15) is 0 Å². The lowest BCUT2D eigenvalue weighted by molar-refractivity contribution is 0.268. The SMILES string of the molecule is Cc1nnc(SCc2nccs2)n1[C@H]1CCC[C@H](C)C1. The van der Waals surface area contributed by atoms with Crippen LogP contribution in [0, 0.1) is 12.8 Å². The van der Waals surface area contributed by atoms with Crippen molar-refractivity contribution in [1.29, 1.82) is 0 Å². The van der Waals surface area contributed by atoms with Crippen LogP contribution in [0.15, 0.2) is 16.7 Å². The van der Waals surface area contributed by atoms with Gasteiger partial charge in [-0.15, -0.1) is 21.5 Å². The van der Waals surface area contributed by atoms with E-state index in [1.54, 1.807) is 23.1 Å². The third-order valence-electron chi connectivity index (χ3n) is 3.92. The first-order valence-electron chi connectivity index (χ1n) is 7.16. The van der Waals surface area contributed by atoms with Crippen molar-refractivity contribution < 1.29 is 0 Å². The van der Waals surface area contributed by atoms with Gasteiger partial charge < -0.3 is 4.57 Å². The maximum atomic E-state index is 4.37. The highest BCUT2D eigenvalue weighted by atomic mass is 32.2. The summed E-state index contributed by atoms with van der Waals surface area (Å²) in [6.07, 6.45) is 7.05. The largest absolute Gasteiger partial charge is 0.303 e. The van der Waals surface area contributed by atoms with Crippen molar-refractivity contribution in [2.45, 2.75) is 56.5 Å². The molecular formula is C14H20N4S2. The van der Waals surface area contributed by atoms with Gasteiger partial charge in [-0.3, -0.25) is 0 Å². The van der Waals surface area contributed by atoms with Gasteiger partial charge in [0.1, 0.15) is 10.8 Å². The number of hydrogen-bond donors (Lipinski definition) is 0. The van der Waals surface area contributed by atoms with Crippen molar-refractivity contribution in [2.75, 3.05) is 0 Å². The van der Waals surface area contributed by atoms with Crippen LogP contribution in [0.3, 0.4) is 0 Å². The van der Waals surface area contributed by atoms with Crippen molar-refractivity contribution in [1.82, 2.24) is 19.7 Å². The molecule has 0 radical (unpaired) electrons. The van der Waals surface area contributed by atoms with E-state index in [4.69, 9.17) is 0 Å². The average Bonchev–Trinajstić information content (AvgIpc) is 3.06. The third-order valence-corrected chi connectivity index (χ3v) is 5.83. The Hall–Kier alpha value is -0.880. The van der Waals surface area contributed by atoms with Crippen LogP contribution in [0.4, 0.5) is 0 Å². The zero-order valence-corrected chi connectivity index (χ0v) is 13.6. The van der Waals surface area contributed by atoms with Crippen molar-refractivity contribution in [3.63, 3.8) is 0 Å². The van der Waals surface area contributed by atoms with Crippen LogP contribution in [-0.4, -0.2) is 19.7 Å². The van der Waals surface area contributed by atoms with Crippen LogP contribution in [0.5, 0.6) is 0 Å². The lowest BCUT2D eigenvalue weighted by atomic mass is 9.87. The Morgan fingerprint density at radius 1 is 1.40 bits per heavy atom. The summed E-state index contributed by atoms with van der Waals surface area (Å²) >= 11 is 3.46. The first-order chi connectivity index (χ1) is 9.74. The number of rotatable bonds is 4. The topological polar surface area (TPSA) is 43.6 Å². The summed E-state index contributed by atoms with van der Waals surface area (Å²) in [5.74, 6) is 2.75. The monoisotopic (exact) mass is 308 g/mol. The molecule has 20 heavy (non-hydrogen) atoms. The summed E-state index contributed by atoms with van der Waals surface area (Å²) < 4.78 is 2.36. The second-order valence-corrected chi connectivity index (χ2v) is 7.46. The third kappa shape index (κ3) is 3.06. The van der Waals surface area contributed by atoms with Gasteiger partial charge in [0, 0.05) is 17.6 Å². The van der Waals surface area contributed by atoms with Crippen LogP contribution in [-0.2, 0) is 5.75 Å². The molecule has 1 aliphatic carbocycles. The van der Waals surface area contributed by atoms with Gasteiger partial charge in [0.2, 0.25) is 0 Å². The smallest absolute Gasteiger partial charge is 0.191 e. The number of aromatic nitrogens is 4. The molecule has 0 aliphatic heterocycles. The lowest BCUT2D eigenvalue weighted by Gasteiger charge is -2.29. The molecule has 0 bridgehead atoms.